The highest BCUT2D eigenvalue weighted by atomic mass is 16.2. The Hall–Kier alpha value is -2.01. The van der Waals surface area contributed by atoms with Crippen molar-refractivity contribution in [2.45, 2.75) is 58.5 Å². The maximum absolute atomic E-state index is 12.6. The smallest absolute Gasteiger partial charge is 0.317 e. The van der Waals surface area contributed by atoms with Crippen LogP contribution in [0.4, 0.5) is 4.79 Å². The average molecular weight is 369 g/mol. The summed E-state index contributed by atoms with van der Waals surface area (Å²) in [5.74, 6) is 0.468. The molecular weight excluding hydrogens is 336 g/mol. The van der Waals surface area contributed by atoms with Gasteiger partial charge in [-0.15, -0.1) is 0 Å². The molecule has 1 aliphatic heterocycles. The minimum absolute atomic E-state index is 0.0697. The first-order chi connectivity index (χ1) is 12.9. The van der Waals surface area contributed by atoms with Crippen LogP contribution in [0.25, 0.3) is 10.9 Å². The highest BCUT2D eigenvalue weighted by molar-refractivity contribution is 5.90. The van der Waals surface area contributed by atoms with Crippen molar-refractivity contribution in [2.24, 2.45) is 0 Å². The molecule has 0 saturated carbocycles. The molecule has 5 heteroatoms. The topological polar surface area (TPSA) is 51.4 Å². The molecule has 2 N–H and O–H groups in total. The number of hydrogen-bond donors (Lipinski definition) is 2. The van der Waals surface area contributed by atoms with Crippen LogP contribution in [0.15, 0.2) is 12.1 Å². The van der Waals surface area contributed by atoms with Gasteiger partial charge in [0.25, 0.3) is 0 Å². The Morgan fingerprint density at radius 3 is 2.74 bits per heavy atom. The van der Waals surface area contributed by atoms with Gasteiger partial charge in [-0.2, -0.15) is 0 Å². The summed E-state index contributed by atoms with van der Waals surface area (Å²) in [4.78, 5) is 20.5. The van der Waals surface area contributed by atoms with Gasteiger partial charge in [0.15, 0.2) is 0 Å². The number of urea groups is 1. The maximum atomic E-state index is 12.6. The van der Waals surface area contributed by atoms with Crippen molar-refractivity contribution in [1.82, 2.24) is 20.1 Å². The van der Waals surface area contributed by atoms with E-state index in [1.807, 2.05) is 18.7 Å². The molecule has 3 atom stereocenters. The first kappa shape index (κ1) is 18.4. The molecule has 1 aromatic heterocycles. The molecule has 27 heavy (non-hydrogen) atoms. The molecule has 0 bridgehead atoms. The van der Waals surface area contributed by atoms with Gasteiger partial charge in [0.05, 0.1) is 0 Å². The SMILES string of the molecule is CCN(CC)C(=O)N[C@H]1CC2c3cc(C)cc4[nH]c(C)c(c34)C[C@H]2N(C)C1. The molecule has 0 radical (unpaired) electrons. The third kappa shape index (κ3) is 3.02. The third-order valence-corrected chi connectivity index (χ3v) is 6.66. The van der Waals surface area contributed by atoms with Crippen LogP contribution in [-0.4, -0.2) is 59.6 Å². The Morgan fingerprint density at radius 1 is 1.30 bits per heavy atom. The van der Waals surface area contributed by atoms with Gasteiger partial charge in [0, 0.05) is 54.2 Å². The molecule has 1 aromatic carbocycles. The van der Waals surface area contributed by atoms with Crippen LogP contribution < -0.4 is 5.32 Å². The number of nitrogens with one attached hydrogen (secondary N) is 2. The van der Waals surface area contributed by atoms with E-state index in [1.54, 1.807) is 0 Å². The molecule has 5 nitrogen and oxygen atoms in total. The number of hydrogen-bond acceptors (Lipinski definition) is 2. The molecule has 2 heterocycles. The third-order valence-electron chi connectivity index (χ3n) is 6.66. The molecule has 2 aliphatic rings. The molecule has 1 saturated heterocycles. The highest BCUT2D eigenvalue weighted by Crippen LogP contribution is 2.44. The fourth-order valence-corrected chi connectivity index (χ4v) is 5.31. The van der Waals surface area contributed by atoms with E-state index >= 15 is 0 Å². The van der Waals surface area contributed by atoms with E-state index < -0.39 is 0 Å². The second kappa shape index (κ2) is 6.86. The Kier molecular flexibility index (Phi) is 4.66. The Morgan fingerprint density at radius 2 is 2.04 bits per heavy atom. The van der Waals surface area contributed by atoms with Gasteiger partial charge >= 0.3 is 6.03 Å². The van der Waals surface area contributed by atoms with Crippen LogP contribution in [0.1, 0.15) is 48.6 Å². The number of rotatable bonds is 3. The number of aryl methyl sites for hydroxylation is 2. The fraction of sp³-hybridized carbons (Fsp3) is 0.591. The number of carbonyl (C=O) groups is 1. The van der Waals surface area contributed by atoms with Gasteiger partial charge in [0.2, 0.25) is 0 Å². The van der Waals surface area contributed by atoms with Crippen molar-refractivity contribution in [1.29, 1.82) is 0 Å². The van der Waals surface area contributed by atoms with E-state index in [4.69, 9.17) is 0 Å². The number of likely N-dealkylation sites (tertiary alicyclic amines) is 1. The zero-order valence-corrected chi connectivity index (χ0v) is 17.2. The molecule has 146 valence electrons. The second-order valence-corrected chi connectivity index (χ2v) is 8.38. The average Bonchev–Trinajstić information content (AvgIpc) is 2.93. The normalized spacial score (nSPS) is 24.7. The quantitative estimate of drug-likeness (QED) is 0.870. The summed E-state index contributed by atoms with van der Waals surface area (Å²) in [6.07, 6.45) is 2.12. The van der Waals surface area contributed by atoms with Crippen LogP contribution in [-0.2, 0) is 6.42 Å². The number of benzene rings is 1. The maximum Gasteiger partial charge on any atom is 0.317 e. The van der Waals surface area contributed by atoms with E-state index in [2.05, 4.69) is 48.2 Å². The summed E-state index contributed by atoms with van der Waals surface area (Å²) < 4.78 is 0. The van der Waals surface area contributed by atoms with Gasteiger partial charge in [-0.3, -0.25) is 0 Å². The zero-order chi connectivity index (χ0) is 19.3. The predicted molar refractivity (Wildman–Crippen MR) is 110 cm³/mol. The minimum atomic E-state index is 0.0697. The summed E-state index contributed by atoms with van der Waals surface area (Å²) >= 11 is 0. The number of likely N-dealkylation sites (N-methyl/N-ethyl adjacent to an activating group) is 1. The number of aromatic nitrogens is 1. The monoisotopic (exact) mass is 368 g/mol. The molecule has 1 unspecified atom stereocenters. The lowest BCUT2D eigenvalue weighted by Crippen LogP contribution is -2.56. The Bertz CT molecular complexity index is 867. The van der Waals surface area contributed by atoms with Gasteiger partial charge in [-0.25, -0.2) is 4.79 Å². The van der Waals surface area contributed by atoms with Crippen molar-refractivity contribution in [2.75, 3.05) is 26.7 Å². The van der Waals surface area contributed by atoms with E-state index in [-0.39, 0.29) is 12.1 Å². The standard InChI is InChI=1S/C22H32N4O/c1-6-26(7-2)22(27)24-15-10-17-18-8-13(3)9-19-21(18)16(14(4)23-19)11-20(17)25(5)12-15/h8-9,15,17,20,23H,6-7,10-12H2,1-5H3,(H,24,27)/t15-,17?,20+/m0/s1. The first-order valence-corrected chi connectivity index (χ1v) is 10.3. The molecule has 1 fully saturated rings. The van der Waals surface area contributed by atoms with E-state index in [0.717, 1.165) is 32.5 Å². The van der Waals surface area contributed by atoms with E-state index in [0.29, 0.717) is 12.0 Å². The van der Waals surface area contributed by atoms with Crippen LogP contribution in [0.3, 0.4) is 0 Å². The summed E-state index contributed by atoms with van der Waals surface area (Å²) in [6, 6.07) is 5.42. The summed E-state index contributed by atoms with van der Waals surface area (Å²) in [6.45, 7) is 10.9. The van der Waals surface area contributed by atoms with Crippen molar-refractivity contribution in [3.8, 4) is 0 Å². The zero-order valence-electron chi connectivity index (χ0n) is 17.2. The lowest BCUT2D eigenvalue weighted by atomic mass is 9.73. The number of piperidine rings is 1. The summed E-state index contributed by atoms with van der Waals surface area (Å²) in [5.41, 5.74) is 6.84. The van der Waals surface area contributed by atoms with Crippen molar-refractivity contribution in [3.05, 3.63) is 34.5 Å². The molecular formula is C22H32N4O. The number of carbonyl (C=O) groups excluding carboxylic acids is 1. The number of H-pyrrole nitrogens is 1. The highest BCUT2D eigenvalue weighted by Gasteiger charge is 2.40. The van der Waals surface area contributed by atoms with Crippen molar-refractivity contribution in [3.63, 3.8) is 0 Å². The molecule has 4 rings (SSSR count). The van der Waals surface area contributed by atoms with Gasteiger partial charge in [-0.1, -0.05) is 6.07 Å². The minimum Gasteiger partial charge on any atom is -0.358 e. The molecule has 2 aromatic rings. The lowest BCUT2D eigenvalue weighted by molar-refractivity contribution is 0.124. The number of fused-ring (bicyclic) bond motifs is 2. The van der Waals surface area contributed by atoms with Crippen LogP contribution >= 0.6 is 0 Å². The fourth-order valence-electron chi connectivity index (χ4n) is 5.31. The molecule has 2 amide bonds. The van der Waals surface area contributed by atoms with Crippen LogP contribution in [0.2, 0.25) is 0 Å². The summed E-state index contributed by atoms with van der Waals surface area (Å²) in [5, 5.41) is 4.73. The number of nitrogens with zero attached hydrogens (tertiary/aromatic N) is 2. The van der Waals surface area contributed by atoms with Crippen LogP contribution in [0.5, 0.6) is 0 Å². The van der Waals surface area contributed by atoms with E-state index in [9.17, 15) is 4.79 Å². The van der Waals surface area contributed by atoms with Gasteiger partial charge in [-0.05, 0) is 70.3 Å². The Balaban J connectivity index is 1.66. The lowest BCUT2D eigenvalue weighted by Gasteiger charge is -2.46. The van der Waals surface area contributed by atoms with E-state index in [1.165, 1.54) is 33.3 Å². The Labute approximate surface area is 162 Å². The van der Waals surface area contributed by atoms with Gasteiger partial charge in [0.1, 0.15) is 0 Å². The summed E-state index contributed by atoms with van der Waals surface area (Å²) in [7, 11) is 2.22. The first-order valence-electron chi connectivity index (χ1n) is 10.3. The van der Waals surface area contributed by atoms with Crippen LogP contribution in [0, 0.1) is 13.8 Å². The second-order valence-electron chi connectivity index (χ2n) is 8.38. The van der Waals surface area contributed by atoms with Crippen molar-refractivity contribution < 1.29 is 4.79 Å². The number of amides is 2. The molecule has 1 aliphatic carbocycles. The van der Waals surface area contributed by atoms with Gasteiger partial charge < -0.3 is 20.1 Å². The number of aromatic amines is 1. The van der Waals surface area contributed by atoms with Crippen molar-refractivity contribution >= 4 is 16.9 Å². The largest absolute Gasteiger partial charge is 0.358 e. The molecule has 0 spiro atoms. The predicted octanol–water partition coefficient (Wildman–Crippen LogP) is 3.55.